The number of aryl methyl sites for hydroxylation is 2. The average molecular weight is 421 g/mol. The zero-order chi connectivity index (χ0) is 21.2. The zero-order valence-corrected chi connectivity index (χ0v) is 16.1. The van der Waals surface area contributed by atoms with Gasteiger partial charge in [0.1, 0.15) is 11.6 Å². The Morgan fingerprint density at radius 1 is 1.21 bits per heavy atom. The number of hydrogen-bond acceptors (Lipinski definition) is 5. The van der Waals surface area contributed by atoms with Gasteiger partial charge in [0.05, 0.1) is 16.7 Å². The second-order valence-electron chi connectivity index (χ2n) is 6.32. The second kappa shape index (κ2) is 8.10. The number of oxazole rings is 1. The Bertz CT molecular complexity index is 1180. The molecule has 1 aromatic heterocycles. The SMILES string of the molecule is Cc1ccc(NC(=O)CCc2ncc(-c3ccc(F)cc3F)o2)cc1S(N)(=O)=O. The average Bonchev–Trinajstić information content (AvgIpc) is 3.09. The first-order valence-electron chi connectivity index (χ1n) is 8.47. The highest BCUT2D eigenvalue weighted by molar-refractivity contribution is 7.89. The molecule has 0 spiro atoms. The Morgan fingerprint density at radius 2 is 1.97 bits per heavy atom. The number of nitrogens with two attached hydrogens (primary N) is 1. The van der Waals surface area contributed by atoms with E-state index in [1.165, 1.54) is 24.4 Å². The minimum Gasteiger partial charge on any atom is -0.441 e. The van der Waals surface area contributed by atoms with Crippen LogP contribution in [0.4, 0.5) is 14.5 Å². The van der Waals surface area contributed by atoms with Crippen LogP contribution in [0, 0.1) is 18.6 Å². The van der Waals surface area contributed by atoms with Gasteiger partial charge in [-0.2, -0.15) is 0 Å². The fraction of sp³-hybridized carbons (Fsp3) is 0.158. The monoisotopic (exact) mass is 421 g/mol. The van der Waals surface area contributed by atoms with Crippen molar-refractivity contribution in [2.75, 3.05) is 5.32 Å². The number of anilines is 1. The molecule has 0 aliphatic heterocycles. The van der Waals surface area contributed by atoms with Crippen molar-refractivity contribution in [3.8, 4) is 11.3 Å². The van der Waals surface area contributed by atoms with Gasteiger partial charge in [-0.25, -0.2) is 27.3 Å². The molecule has 152 valence electrons. The third-order valence-corrected chi connectivity index (χ3v) is 5.15. The van der Waals surface area contributed by atoms with Crippen molar-refractivity contribution in [3.05, 3.63) is 65.7 Å². The molecule has 0 aliphatic rings. The highest BCUT2D eigenvalue weighted by Gasteiger charge is 2.15. The molecule has 1 amide bonds. The summed E-state index contributed by atoms with van der Waals surface area (Å²) in [5.41, 5.74) is 0.807. The summed E-state index contributed by atoms with van der Waals surface area (Å²) in [7, 11) is -3.91. The molecule has 1 heterocycles. The Labute approximate surface area is 165 Å². The molecule has 2 aromatic carbocycles. The van der Waals surface area contributed by atoms with Crippen LogP contribution in [0.15, 0.2) is 51.9 Å². The van der Waals surface area contributed by atoms with Crippen LogP contribution in [0.25, 0.3) is 11.3 Å². The highest BCUT2D eigenvalue weighted by Crippen LogP contribution is 2.25. The lowest BCUT2D eigenvalue weighted by Gasteiger charge is -2.08. The Kier molecular flexibility index (Phi) is 5.76. The molecule has 3 rings (SSSR count). The number of sulfonamides is 1. The number of nitrogens with zero attached hydrogens (tertiary/aromatic N) is 1. The normalized spacial score (nSPS) is 11.4. The number of benzene rings is 2. The van der Waals surface area contributed by atoms with Crippen molar-refractivity contribution >= 4 is 21.6 Å². The first-order valence-corrected chi connectivity index (χ1v) is 10.0. The molecule has 0 atom stereocenters. The molecular weight excluding hydrogens is 404 g/mol. The topological polar surface area (TPSA) is 115 Å². The van der Waals surface area contributed by atoms with E-state index in [2.05, 4.69) is 10.3 Å². The Balaban J connectivity index is 1.64. The largest absolute Gasteiger partial charge is 0.441 e. The molecule has 0 unspecified atom stereocenters. The van der Waals surface area contributed by atoms with Crippen LogP contribution in [-0.2, 0) is 21.2 Å². The van der Waals surface area contributed by atoms with E-state index >= 15 is 0 Å². The number of rotatable bonds is 6. The predicted octanol–water partition coefficient (Wildman–Crippen LogP) is 3.15. The van der Waals surface area contributed by atoms with Gasteiger partial charge in [-0.3, -0.25) is 4.79 Å². The molecule has 0 saturated carbocycles. The molecule has 3 N–H and O–H groups in total. The summed E-state index contributed by atoms with van der Waals surface area (Å²) in [6.07, 6.45) is 1.41. The lowest BCUT2D eigenvalue weighted by Crippen LogP contribution is -2.16. The first kappa shape index (κ1) is 20.6. The third kappa shape index (κ3) is 5.04. The number of halogens is 2. The number of hydrogen-bond donors (Lipinski definition) is 2. The molecule has 10 heteroatoms. The number of aromatic nitrogens is 1. The van der Waals surface area contributed by atoms with Gasteiger partial charge in [0.2, 0.25) is 15.9 Å². The van der Waals surface area contributed by atoms with Crippen LogP contribution < -0.4 is 10.5 Å². The molecule has 3 aromatic rings. The molecule has 0 saturated heterocycles. The second-order valence-corrected chi connectivity index (χ2v) is 7.85. The van der Waals surface area contributed by atoms with Gasteiger partial charge in [-0.1, -0.05) is 6.07 Å². The van der Waals surface area contributed by atoms with Crippen LogP contribution in [0.1, 0.15) is 17.9 Å². The lowest BCUT2D eigenvalue weighted by atomic mass is 10.2. The summed E-state index contributed by atoms with van der Waals surface area (Å²) in [5, 5.41) is 7.73. The van der Waals surface area contributed by atoms with Gasteiger partial charge in [0, 0.05) is 24.6 Å². The summed E-state index contributed by atoms with van der Waals surface area (Å²) in [6.45, 7) is 1.59. The third-order valence-electron chi connectivity index (χ3n) is 4.09. The van der Waals surface area contributed by atoms with Crippen molar-refractivity contribution in [2.45, 2.75) is 24.7 Å². The molecule has 0 fully saturated rings. The van der Waals surface area contributed by atoms with Gasteiger partial charge in [0.15, 0.2) is 11.7 Å². The highest BCUT2D eigenvalue weighted by atomic mass is 32.2. The predicted molar refractivity (Wildman–Crippen MR) is 101 cm³/mol. The van der Waals surface area contributed by atoms with E-state index < -0.39 is 27.6 Å². The Hall–Kier alpha value is -3.11. The van der Waals surface area contributed by atoms with Crippen LogP contribution in [0.2, 0.25) is 0 Å². The van der Waals surface area contributed by atoms with Crippen LogP contribution in [0.3, 0.4) is 0 Å². The zero-order valence-electron chi connectivity index (χ0n) is 15.3. The van der Waals surface area contributed by atoms with Gasteiger partial charge in [0.25, 0.3) is 0 Å². The van der Waals surface area contributed by atoms with Crippen molar-refractivity contribution < 1.29 is 26.4 Å². The van der Waals surface area contributed by atoms with Crippen LogP contribution in [0.5, 0.6) is 0 Å². The minimum absolute atomic E-state index is 0.00949. The molecule has 0 aliphatic carbocycles. The molecule has 7 nitrogen and oxygen atoms in total. The van der Waals surface area contributed by atoms with Crippen molar-refractivity contribution in [1.82, 2.24) is 4.98 Å². The van der Waals surface area contributed by atoms with E-state index in [1.807, 2.05) is 0 Å². The fourth-order valence-electron chi connectivity index (χ4n) is 2.67. The number of nitrogens with one attached hydrogen (secondary N) is 1. The maximum absolute atomic E-state index is 13.8. The lowest BCUT2D eigenvalue weighted by molar-refractivity contribution is -0.116. The number of carbonyl (C=O) groups excluding carboxylic acids is 1. The number of primary sulfonamides is 1. The molecule has 29 heavy (non-hydrogen) atoms. The molecule has 0 radical (unpaired) electrons. The first-order chi connectivity index (χ1) is 13.6. The van der Waals surface area contributed by atoms with Gasteiger partial charge >= 0.3 is 0 Å². The summed E-state index contributed by atoms with van der Waals surface area (Å²) in [4.78, 5) is 16.1. The Morgan fingerprint density at radius 3 is 2.66 bits per heavy atom. The number of carbonyl (C=O) groups is 1. The van der Waals surface area contributed by atoms with Crippen molar-refractivity contribution in [2.24, 2.45) is 5.14 Å². The summed E-state index contributed by atoms with van der Waals surface area (Å²) < 4.78 is 55.3. The van der Waals surface area contributed by atoms with E-state index in [0.717, 1.165) is 12.1 Å². The van der Waals surface area contributed by atoms with Crippen LogP contribution in [-0.4, -0.2) is 19.3 Å². The summed E-state index contributed by atoms with van der Waals surface area (Å²) in [6, 6.07) is 7.45. The maximum atomic E-state index is 13.8. The standard InChI is InChI=1S/C19H17F2N3O4S/c1-11-2-4-13(9-17(11)29(22,26)27)24-18(25)6-7-19-23-10-16(28-19)14-5-3-12(20)8-15(14)21/h2-5,8-10H,6-7H2,1H3,(H,24,25)(H2,22,26,27). The quantitative estimate of drug-likeness (QED) is 0.634. The minimum atomic E-state index is -3.91. The van der Waals surface area contributed by atoms with E-state index in [9.17, 15) is 22.0 Å². The van der Waals surface area contributed by atoms with E-state index in [-0.39, 0.29) is 40.6 Å². The molecular formula is C19H17F2N3O4S. The van der Waals surface area contributed by atoms with Gasteiger partial charge in [-0.05, 0) is 36.8 Å². The van der Waals surface area contributed by atoms with Crippen LogP contribution >= 0.6 is 0 Å². The summed E-state index contributed by atoms with van der Waals surface area (Å²) in [5.74, 6) is -1.57. The molecule has 0 bridgehead atoms. The van der Waals surface area contributed by atoms with E-state index in [1.54, 1.807) is 13.0 Å². The van der Waals surface area contributed by atoms with E-state index in [4.69, 9.17) is 9.56 Å². The fourth-order valence-corrected chi connectivity index (χ4v) is 3.48. The maximum Gasteiger partial charge on any atom is 0.238 e. The van der Waals surface area contributed by atoms with E-state index in [0.29, 0.717) is 5.56 Å². The van der Waals surface area contributed by atoms with Gasteiger partial charge < -0.3 is 9.73 Å². The van der Waals surface area contributed by atoms with Gasteiger partial charge in [-0.15, -0.1) is 0 Å². The summed E-state index contributed by atoms with van der Waals surface area (Å²) >= 11 is 0. The number of amides is 1. The smallest absolute Gasteiger partial charge is 0.238 e. The van der Waals surface area contributed by atoms with Crippen molar-refractivity contribution in [3.63, 3.8) is 0 Å². The van der Waals surface area contributed by atoms with Crippen molar-refractivity contribution in [1.29, 1.82) is 0 Å².